The number of nitrogens with zero attached hydrogens (tertiary/aromatic N) is 1. The van der Waals surface area contributed by atoms with Crippen LogP contribution in [0.1, 0.15) is 29.8 Å². The highest BCUT2D eigenvalue weighted by Gasteiger charge is 2.22. The van der Waals surface area contributed by atoms with E-state index < -0.39 is 0 Å². The van der Waals surface area contributed by atoms with E-state index in [1.807, 2.05) is 19.9 Å². The Morgan fingerprint density at radius 3 is 2.48 bits per heavy atom. The van der Waals surface area contributed by atoms with Gasteiger partial charge in [0.15, 0.2) is 0 Å². The minimum atomic E-state index is -0.330. The summed E-state index contributed by atoms with van der Waals surface area (Å²) >= 11 is 12.0. The van der Waals surface area contributed by atoms with Crippen molar-refractivity contribution in [2.45, 2.75) is 19.3 Å². The van der Waals surface area contributed by atoms with Gasteiger partial charge in [-0.25, -0.2) is 0 Å². The second kappa shape index (κ2) is 6.77. The first-order valence-corrected chi connectivity index (χ1v) is 7.87. The highest BCUT2D eigenvalue weighted by atomic mass is 35.5. The lowest BCUT2D eigenvalue weighted by Crippen LogP contribution is -2.37. The fourth-order valence-electron chi connectivity index (χ4n) is 2.11. The molecule has 0 saturated heterocycles. The lowest BCUT2D eigenvalue weighted by molar-refractivity contribution is 0.0945. The largest absolute Gasteiger partial charge is 0.351 e. The summed E-state index contributed by atoms with van der Waals surface area (Å²) in [6, 6.07) is 8.36. The summed E-state index contributed by atoms with van der Waals surface area (Å²) < 4.78 is 1.41. The van der Waals surface area contributed by atoms with Crippen LogP contribution in [-0.2, 0) is 12.5 Å². The minimum Gasteiger partial charge on any atom is -0.351 e. The van der Waals surface area contributed by atoms with Gasteiger partial charge in [-0.2, -0.15) is 0 Å². The van der Waals surface area contributed by atoms with E-state index in [0.29, 0.717) is 22.2 Å². The van der Waals surface area contributed by atoms with E-state index in [9.17, 15) is 9.59 Å². The van der Waals surface area contributed by atoms with E-state index >= 15 is 0 Å². The third-order valence-electron chi connectivity index (χ3n) is 3.76. The summed E-state index contributed by atoms with van der Waals surface area (Å²) in [5.41, 5.74) is 0.763. The zero-order chi connectivity index (χ0) is 17.2. The molecule has 0 aliphatic carbocycles. The van der Waals surface area contributed by atoms with E-state index in [1.54, 1.807) is 31.4 Å². The van der Waals surface area contributed by atoms with Gasteiger partial charge in [0.05, 0.1) is 10.0 Å². The van der Waals surface area contributed by atoms with E-state index in [0.717, 1.165) is 5.56 Å². The number of halogens is 2. The summed E-state index contributed by atoms with van der Waals surface area (Å²) in [4.78, 5) is 23.8. The highest BCUT2D eigenvalue weighted by molar-refractivity contribution is 6.42. The molecule has 6 heteroatoms. The number of pyridine rings is 1. The number of hydrogen-bond donors (Lipinski definition) is 1. The van der Waals surface area contributed by atoms with Gasteiger partial charge in [0.25, 0.3) is 11.5 Å². The van der Waals surface area contributed by atoms with Crippen molar-refractivity contribution in [3.63, 3.8) is 0 Å². The second-order valence-electron chi connectivity index (χ2n) is 6.06. The molecule has 0 aliphatic heterocycles. The van der Waals surface area contributed by atoms with Crippen LogP contribution in [-0.4, -0.2) is 17.0 Å². The maximum Gasteiger partial charge on any atom is 0.251 e. The Morgan fingerprint density at radius 2 is 1.87 bits per heavy atom. The number of amides is 1. The SMILES string of the molecule is Cn1ccc(C(=O)NCC(C)(C)c2ccc(Cl)c(Cl)c2)cc1=O. The Balaban J connectivity index is 2.11. The maximum absolute atomic E-state index is 12.2. The molecule has 0 aliphatic rings. The molecule has 0 bridgehead atoms. The molecular weight excluding hydrogens is 335 g/mol. The number of rotatable bonds is 4. The van der Waals surface area contributed by atoms with Gasteiger partial charge in [-0.15, -0.1) is 0 Å². The quantitative estimate of drug-likeness (QED) is 0.916. The van der Waals surface area contributed by atoms with Crippen molar-refractivity contribution >= 4 is 29.1 Å². The number of carbonyl (C=O) groups excluding carboxylic acids is 1. The molecule has 0 radical (unpaired) electrons. The van der Waals surface area contributed by atoms with Gasteiger partial charge in [-0.3, -0.25) is 9.59 Å². The second-order valence-corrected chi connectivity index (χ2v) is 6.87. The van der Waals surface area contributed by atoms with Gasteiger partial charge in [-0.05, 0) is 23.8 Å². The summed E-state index contributed by atoms with van der Waals surface area (Å²) in [5.74, 6) is -0.282. The summed E-state index contributed by atoms with van der Waals surface area (Å²) in [6.07, 6.45) is 1.57. The molecule has 1 aromatic heterocycles. The van der Waals surface area contributed by atoms with Crippen molar-refractivity contribution in [2.75, 3.05) is 6.54 Å². The number of aromatic nitrogens is 1. The molecule has 0 unspecified atom stereocenters. The average molecular weight is 353 g/mol. The van der Waals surface area contributed by atoms with Gasteiger partial charge >= 0.3 is 0 Å². The van der Waals surface area contributed by atoms with Crippen molar-refractivity contribution in [1.82, 2.24) is 9.88 Å². The van der Waals surface area contributed by atoms with Crippen molar-refractivity contribution < 1.29 is 4.79 Å². The number of carbonyl (C=O) groups is 1. The summed E-state index contributed by atoms with van der Waals surface area (Å²) in [7, 11) is 1.64. The Morgan fingerprint density at radius 1 is 1.17 bits per heavy atom. The van der Waals surface area contributed by atoms with Crippen LogP contribution < -0.4 is 10.9 Å². The van der Waals surface area contributed by atoms with Gasteiger partial charge in [0.1, 0.15) is 0 Å². The third kappa shape index (κ3) is 4.15. The standard InChI is InChI=1S/C17H18Cl2N2O2/c1-17(2,12-4-5-13(18)14(19)9-12)10-20-16(23)11-6-7-21(3)15(22)8-11/h4-9H,10H2,1-3H3,(H,20,23). The van der Waals surface area contributed by atoms with Gasteiger partial charge in [0, 0.05) is 36.8 Å². The molecule has 0 spiro atoms. The first-order valence-electron chi connectivity index (χ1n) is 7.11. The van der Waals surface area contributed by atoms with Crippen molar-refractivity contribution in [2.24, 2.45) is 7.05 Å². The minimum absolute atomic E-state index is 0.221. The van der Waals surface area contributed by atoms with Crippen LogP contribution in [0.3, 0.4) is 0 Å². The molecule has 1 heterocycles. The monoisotopic (exact) mass is 352 g/mol. The van der Waals surface area contributed by atoms with E-state index in [4.69, 9.17) is 23.2 Å². The van der Waals surface area contributed by atoms with Crippen LogP contribution >= 0.6 is 23.2 Å². The smallest absolute Gasteiger partial charge is 0.251 e. The van der Waals surface area contributed by atoms with Crippen LogP contribution in [0.2, 0.25) is 10.0 Å². The van der Waals surface area contributed by atoms with E-state index in [-0.39, 0.29) is 16.9 Å². The molecular formula is C17H18Cl2N2O2. The van der Waals surface area contributed by atoms with Gasteiger partial charge in [-0.1, -0.05) is 43.1 Å². The van der Waals surface area contributed by atoms with Gasteiger partial charge in [0.2, 0.25) is 0 Å². The Bertz CT molecular complexity index is 797. The predicted octanol–water partition coefficient (Wildman–Crippen LogP) is 3.40. The maximum atomic E-state index is 12.2. The Hall–Kier alpha value is -1.78. The van der Waals surface area contributed by atoms with Crippen molar-refractivity contribution in [3.8, 4) is 0 Å². The molecule has 4 nitrogen and oxygen atoms in total. The number of benzene rings is 1. The molecule has 1 aromatic carbocycles. The third-order valence-corrected chi connectivity index (χ3v) is 4.50. The molecule has 23 heavy (non-hydrogen) atoms. The molecule has 1 amide bonds. The lowest BCUT2D eigenvalue weighted by atomic mass is 9.84. The number of nitrogens with one attached hydrogen (secondary N) is 1. The number of hydrogen-bond acceptors (Lipinski definition) is 2. The van der Waals surface area contributed by atoms with Crippen molar-refractivity contribution in [3.05, 3.63) is 68.1 Å². The van der Waals surface area contributed by atoms with Crippen LogP contribution in [0.4, 0.5) is 0 Å². The normalized spacial score (nSPS) is 11.3. The van der Waals surface area contributed by atoms with Gasteiger partial charge < -0.3 is 9.88 Å². The van der Waals surface area contributed by atoms with Crippen molar-refractivity contribution in [1.29, 1.82) is 0 Å². The zero-order valence-corrected chi connectivity index (χ0v) is 14.7. The van der Waals surface area contributed by atoms with Crippen LogP contribution in [0, 0.1) is 0 Å². The first kappa shape index (κ1) is 17.6. The fraction of sp³-hybridized carbons (Fsp3) is 0.294. The van der Waals surface area contributed by atoms with Crippen LogP contribution in [0.5, 0.6) is 0 Å². The molecule has 0 atom stereocenters. The molecule has 0 fully saturated rings. The topological polar surface area (TPSA) is 51.1 Å². The van der Waals surface area contributed by atoms with E-state index in [1.165, 1.54) is 10.6 Å². The predicted molar refractivity (Wildman–Crippen MR) is 93.5 cm³/mol. The Labute approximate surface area is 145 Å². The average Bonchev–Trinajstić information content (AvgIpc) is 2.50. The molecule has 0 saturated carbocycles. The lowest BCUT2D eigenvalue weighted by Gasteiger charge is -2.26. The Kier molecular flexibility index (Phi) is 5.17. The van der Waals surface area contributed by atoms with E-state index in [2.05, 4.69) is 5.32 Å². The molecule has 2 aromatic rings. The zero-order valence-electron chi connectivity index (χ0n) is 13.2. The first-order chi connectivity index (χ1) is 10.7. The molecule has 122 valence electrons. The fourth-order valence-corrected chi connectivity index (χ4v) is 2.41. The van der Waals surface area contributed by atoms with Crippen LogP contribution in [0.25, 0.3) is 0 Å². The molecule has 2 rings (SSSR count). The summed E-state index contributed by atoms with van der Waals surface area (Å²) in [6.45, 7) is 4.40. The highest BCUT2D eigenvalue weighted by Crippen LogP contribution is 2.29. The molecule has 1 N–H and O–H groups in total. The number of aryl methyl sites for hydroxylation is 1. The summed E-state index contributed by atoms with van der Waals surface area (Å²) in [5, 5.41) is 3.83. The van der Waals surface area contributed by atoms with Crippen LogP contribution in [0.15, 0.2) is 41.3 Å².